The zero-order chi connectivity index (χ0) is 16.9. The Bertz CT molecular complexity index is 552. The third kappa shape index (κ3) is 4.50. The highest BCUT2D eigenvalue weighted by molar-refractivity contribution is 5.79. The zero-order valence-corrected chi connectivity index (χ0v) is 14.6. The second kappa shape index (κ2) is 8.02. The van der Waals surface area contributed by atoms with Crippen molar-refractivity contribution in [1.29, 1.82) is 0 Å². The van der Waals surface area contributed by atoms with Crippen LogP contribution in [0.5, 0.6) is 5.75 Å². The highest BCUT2D eigenvalue weighted by Gasteiger charge is 2.31. The lowest BCUT2D eigenvalue weighted by Crippen LogP contribution is -2.45. The SMILES string of the molecule is Cc1cccc(OC[C@@H]2CCCN(C(=O)C3CCC(O)CC3)C2)c1. The first kappa shape index (κ1) is 17.3. The van der Waals surface area contributed by atoms with Gasteiger partial charge < -0.3 is 14.7 Å². The molecule has 1 N–H and O–H groups in total. The summed E-state index contributed by atoms with van der Waals surface area (Å²) < 4.78 is 5.94. The number of carbonyl (C=O) groups excluding carboxylic acids is 1. The number of carbonyl (C=O) groups is 1. The van der Waals surface area contributed by atoms with Gasteiger partial charge in [0.1, 0.15) is 5.75 Å². The average Bonchev–Trinajstić information content (AvgIpc) is 2.60. The molecule has 4 nitrogen and oxygen atoms in total. The molecule has 3 rings (SSSR count). The molecule has 2 fully saturated rings. The Morgan fingerprint density at radius 1 is 1.25 bits per heavy atom. The molecule has 1 atom stereocenters. The first-order chi connectivity index (χ1) is 11.6. The average molecular weight is 331 g/mol. The third-order valence-corrected chi connectivity index (χ3v) is 5.35. The van der Waals surface area contributed by atoms with Crippen LogP contribution < -0.4 is 4.74 Å². The normalized spacial score (nSPS) is 27.8. The number of aliphatic hydroxyl groups excluding tert-OH is 1. The van der Waals surface area contributed by atoms with E-state index in [1.54, 1.807) is 0 Å². The Kier molecular flexibility index (Phi) is 5.77. The summed E-state index contributed by atoms with van der Waals surface area (Å²) >= 11 is 0. The summed E-state index contributed by atoms with van der Waals surface area (Å²) in [6.07, 6.45) is 5.18. The van der Waals surface area contributed by atoms with E-state index in [2.05, 4.69) is 19.1 Å². The van der Waals surface area contributed by atoms with Crippen molar-refractivity contribution in [2.75, 3.05) is 19.7 Å². The molecule has 24 heavy (non-hydrogen) atoms. The van der Waals surface area contributed by atoms with E-state index in [1.165, 1.54) is 5.56 Å². The molecule has 0 spiro atoms. The van der Waals surface area contributed by atoms with Crippen LogP contribution in [0, 0.1) is 18.8 Å². The number of nitrogens with zero attached hydrogens (tertiary/aromatic N) is 1. The first-order valence-electron chi connectivity index (χ1n) is 9.28. The van der Waals surface area contributed by atoms with Crippen molar-refractivity contribution in [1.82, 2.24) is 4.90 Å². The number of aryl methyl sites for hydroxylation is 1. The number of amides is 1. The van der Waals surface area contributed by atoms with Crippen molar-refractivity contribution in [2.24, 2.45) is 11.8 Å². The number of hydrogen-bond donors (Lipinski definition) is 1. The molecule has 1 heterocycles. The van der Waals surface area contributed by atoms with Gasteiger partial charge in [-0.2, -0.15) is 0 Å². The summed E-state index contributed by atoms with van der Waals surface area (Å²) in [5.74, 6) is 1.74. The molecular formula is C20H29NO3. The lowest BCUT2D eigenvalue weighted by molar-refractivity contribution is -0.139. The Morgan fingerprint density at radius 3 is 2.79 bits per heavy atom. The van der Waals surface area contributed by atoms with Gasteiger partial charge in [0, 0.05) is 24.9 Å². The summed E-state index contributed by atoms with van der Waals surface area (Å²) in [7, 11) is 0. The Labute approximate surface area is 144 Å². The van der Waals surface area contributed by atoms with Crippen molar-refractivity contribution < 1.29 is 14.6 Å². The summed E-state index contributed by atoms with van der Waals surface area (Å²) in [6, 6.07) is 8.12. The van der Waals surface area contributed by atoms with Crippen LogP contribution in [0.2, 0.25) is 0 Å². The van der Waals surface area contributed by atoms with Crippen LogP contribution in [0.25, 0.3) is 0 Å². The van der Waals surface area contributed by atoms with E-state index in [-0.39, 0.29) is 12.0 Å². The summed E-state index contributed by atoms with van der Waals surface area (Å²) in [4.78, 5) is 14.8. The second-order valence-corrected chi connectivity index (χ2v) is 7.43. The van der Waals surface area contributed by atoms with E-state index >= 15 is 0 Å². The predicted molar refractivity (Wildman–Crippen MR) is 93.9 cm³/mol. The van der Waals surface area contributed by atoms with Crippen molar-refractivity contribution in [3.8, 4) is 5.75 Å². The van der Waals surface area contributed by atoms with Gasteiger partial charge in [-0.25, -0.2) is 0 Å². The topological polar surface area (TPSA) is 49.8 Å². The highest BCUT2D eigenvalue weighted by atomic mass is 16.5. The van der Waals surface area contributed by atoms with Crippen molar-refractivity contribution >= 4 is 5.91 Å². The van der Waals surface area contributed by atoms with E-state index in [0.717, 1.165) is 57.4 Å². The minimum atomic E-state index is -0.203. The lowest BCUT2D eigenvalue weighted by Gasteiger charge is -2.36. The maximum Gasteiger partial charge on any atom is 0.225 e. The van der Waals surface area contributed by atoms with Gasteiger partial charge in [-0.3, -0.25) is 4.79 Å². The molecule has 132 valence electrons. The predicted octanol–water partition coefficient (Wildman–Crippen LogP) is 3.16. The fourth-order valence-electron chi connectivity index (χ4n) is 3.90. The maximum absolute atomic E-state index is 12.7. The Hall–Kier alpha value is -1.55. The van der Waals surface area contributed by atoms with E-state index < -0.39 is 0 Å². The van der Waals surface area contributed by atoms with Gasteiger partial charge in [0.05, 0.1) is 12.7 Å². The van der Waals surface area contributed by atoms with Crippen LogP contribution in [0.4, 0.5) is 0 Å². The van der Waals surface area contributed by atoms with Gasteiger partial charge >= 0.3 is 0 Å². The summed E-state index contributed by atoms with van der Waals surface area (Å²) in [5, 5.41) is 9.62. The van der Waals surface area contributed by atoms with Crippen LogP contribution in [0.3, 0.4) is 0 Å². The third-order valence-electron chi connectivity index (χ3n) is 5.35. The largest absolute Gasteiger partial charge is 0.493 e. The summed E-state index contributed by atoms with van der Waals surface area (Å²) in [5.41, 5.74) is 1.20. The zero-order valence-electron chi connectivity index (χ0n) is 14.6. The van der Waals surface area contributed by atoms with Gasteiger partial charge in [0.25, 0.3) is 0 Å². The van der Waals surface area contributed by atoms with E-state index in [9.17, 15) is 9.90 Å². The number of benzene rings is 1. The van der Waals surface area contributed by atoms with Gasteiger partial charge in [0.2, 0.25) is 5.91 Å². The van der Waals surface area contributed by atoms with Crippen LogP contribution in [-0.2, 0) is 4.79 Å². The molecule has 4 heteroatoms. The smallest absolute Gasteiger partial charge is 0.225 e. The number of aliphatic hydroxyl groups is 1. The van der Waals surface area contributed by atoms with Gasteiger partial charge in [0.15, 0.2) is 0 Å². The fraction of sp³-hybridized carbons (Fsp3) is 0.650. The molecule has 0 bridgehead atoms. The Balaban J connectivity index is 1.49. The molecule has 1 aromatic carbocycles. The van der Waals surface area contributed by atoms with Crippen LogP contribution in [0.1, 0.15) is 44.1 Å². The number of ether oxygens (including phenoxy) is 1. The molecule has 0 aromatic heterocycles. The van der Waals surface area contributed by atoms with Gasteiger partial charge in [-0.1, -0.05) is 12.1 Å². The van der Waals surface area contributed by atoms with Gasteiger partial charge in [-0.15, -0.1) is 0 Å². The standard InChI is InChI=1S/C20H29NO3/c1-15-4-2-6-19(12-15)24-14-16-5-3-11-21(13-16)20(23)17-7-9-18(22)10-8-17/h2,4,6,12,16-18,22H,3,5,7-11,13-14H2,1H3/t16-,17?,18?/m1/s1. The van der Waals surface area contributed by atoms with E-state index in [4.69, 9.17) is 4.74 Å². The molecule has 1 aliphatic heterocycles. The molecule has 0 radical (unpaired) electrons. The minimum absolute atomic E-state index is 0.116. The highest BCUT2D eigenvalue weighted by Crippen LogP contribution is 2.28. The summed E-state index contributed by atoms with van der Waals surface area (Å²) in [6.45, 7) is 4.42. The van der Waals surface area contributed by atoms with Crippen LogP contribution >= 0.6 is 0 Å². The van der Waals surface area contributed by atoms with Crippen molar-refractivity contribution in [2.45, 2.75) is 51.6 Å². The Morgan fingerprint density at radius 2 is 2.04 bits per heavy atom. The van der Waals surface area contributed by atoms with Crippen LogP contribution in [0.15, 0.2) is 24.3 Å². The lowest BCUT2D eigenvalue weighted by atomic mass is 9.85. The molecule has 1 amide bonds. The molecular weight excluding hydrogens is 302 g/mol. The van der Waals surface area contributed by atoms with Crippen molar-refractivity contribution in [3.05, 3.63) is 29.8 Å². The molecule has 1 aliphatic carbocycles. The number of hydrogen-bond acceptors (Lipinski definition) is 3. The van der Waals surface area contributed by atoms with Crippen molar-refractivity contribution in [3.63, 3.8) is 0 Å². The quantitative estimate of drug-likeness (QED) is 0.922. The monoisotopic (exact) mass is 331 g/mol. The number of likely N-dealkylation sites (tertiary alicyclic amines) is 1. The molecule has 1 saturated heterocycles. The second-order valence-electron chi connectivity index (χ2n) is 7.43. The fourth-order valence-corrected chi connectivity index (χ4v) is 3.90. The number of piperidine rings is 1. The number of rotatable bonds is 4. The van der Waals surface area contributed by atoms with Crippen LogP contribution in [-0.4, -0.2) is 41.7 Å². The van der Waals surface area contributed by atoms with E-state index in [0.29, 0.717) is 18.4 Å². The van der Waals surface area contributed by atoms with E-state index in [1.807, 2.05) is 17.0 Å². The maximum atomic E-state index is 12.7. The van der Waals surface area contributed by atoms with Gasteiger partial charge in [-0.05, 0) is 63.1 Å². The molecule has 1 saturated carbocycles. The first-order valence-corrected chi connectivity index (χ1v) is 9.28. The molecule has 2 aliphatic rings. The molecule has 1 aromatic rings. The molecule has 0 unspecified atom stereocenters. The minimum Gasteiger partial charge on any atom is -0.493 e.